The zero-order valence-electron chi connectivity index (χ0n) is 16.4. The Morgan fingerprint density at radius 3 is 2.07 bits per heavy atom. The van der Waals surface area contributed by atoms with Gasteiger partial charge in [-0.05, 0) is 34.0 Å². The Labute approximate surface area is 167 Å². The molecule has 0 radical (unpaired) electrons. The first kappa shape index (κ1) is 18.0. The van der Waals surface area contributed by atoms with Gasteiger partial charge >= 0.3 is 0 Å². The van der Waals surface area contributed by atoms with Crippen molar-refractivity contribution in [1.29, 1.82) is 0 Å². The van der Waals surface area contributed by atoms with Gasteiger partial charge in [0.1, 0.15) is 0 Å². The molecule has 4 rings (SSSR count). The van der Waals surface area contributed by atoms with E-state index in [2.05, 4.69) is 127 Å². The van der Waals surface area contributed by atoms with Crippen molar-refractivity contribution in [3.05, 3.63) is 108 Å². The first-order valence-electron chi connectivity index (χ1n) is 9.60. The molecule has 138 valence electrons. The monoisotopic (exact) mass is 365 g/mol. The van der Waals surface area contributed by atoms with Crippen LogP contribution in [0.4, 0.5) is 5.69 Å². The number of nitrogens with zero attached hydrogens (tertiary/aromatic N) is 2. The van der Waals surface area contributed by atoms with Crippen LogP contribution in [-0.4, -0.2) is 14.1 Å². The fourth-order valence-corrected chi connectivity index (χ4v) is 3.39. The average molecular weight is 366 g/mol. The van der Waals surface area contributed by atoms with Crippen molar-refractivity contribution in [2.45, 2.75) is 6.54 Å². The maximum absolute atomic E-state index is 2.23. The summed E-state index contributed by atoms with van der Waals surface area (Å²) in [6, 6.07) is 28.0. The average Bonchev–Trinajstić information content (AvgIpc) is 2.74. The van der Waals surface area contributed by atoms with E-state index in [-0.39, 0.29) is 0 Å². The zero-order valence-corrected chi connectivity index (χ0v) is 16.4. The molecule has 28 heavy (non-hydrogen) atoms. The second-order valence-corrected chi connectivity index (χ2v) is 7.26. The number of aromatic nitrogens is 1. The molecular weight excluding hydrogens is 340 g/mol. The second-order valence-electron chi connectivity index (χ2n) is 7.26. The standard InChI is InChI=1S/C26H25N2/c1-27(2)25-14-12-21(13-15-25)10-11-22-16-18-28(19-17-22)20-24-8-5-7-23-6-3-4-9-26(23)24/h3-19H,20H2,1-2H3/q+1. The van der Waals surface area contributed by atoms with E-state index < -0.39 is 0 Å². The van der Waals surface area contributed by atoms with Gasteiger partial charge in [-0.3, -0.25) is 0 Å². The number of benzene rings is 3. The van der Waals surface area contributed by atoms with Crippen molar-refractivity contribution < 1.29 is 4.57 Å². The Kier molecular flexibility index (Phi) is 5.20. The van der Waals surface area contributed by atoms with E-state index in [0.717, 1.165) is 6.54 Å². The highest BCUT2D eigenvalue weighted by atomic mass is 15.1. The highest BCUT2D eigenvalue weighted by Gasteiger charge is 2.06. The van der Waals surface area contributed by atoms with Gasteiger partial charge in [0, 0.05) is 37.5 Å². The quantitative estimate of drug-likeness (QED) is 0.429. The van der Waals surface area contributed by atoms with Gasteiger partial charge in [0.05, 0.1) is 0 Å². The molecule has 0 saturated carbocycles. The zero-order chi connectivity index (χ0) is 19.3. The summed E-state index contributed by atoms with van der Waals surface area (Å²) in [5.74, 6) is 0. The van der Waals surface area contributed by atoms with E-state index in [1.165, 1.54) is 33.2 Å². The third kappa shape index (κ3) is 4.12. The molecule has 4 aromatic rings. The smallest absolute Gasteiger partial charge is 0.174 e. The van der Waals surface area contributed by atoms with Crippen molar-refractivity contribution in [3.63, 3.8) is 0 Å². The SMILES string of the molecule is CN(C)c1ccc(/C=C/c2cc[n+](Cc3cccc4ccccc34)cc2)cc1. The molecule has 2 nitrogen and oxygen atoms in total. The summed E-state index contributed by atoms with van der Waals surface area (Å²) in [6.07, 6.45) is 8.61. The molecule has 1 aromatic heterocycles. The molecular formula is C26H25N2+. The molecule has 0 spiro atoms. The fraction of sp³-hybridized carbons (Fsp3) is 0.115. The lowest BCUT2D eigenvalue weighted by atomic mass is 10.0. The highest BCUT2D eigenvalue weighted by molar-refractivity contribution is 5.85. The minimum atomic E-state index is 0.872. The van der Waals surface area contributed by atoms with Gasteiger partial charge in [-0.1, -0.05) is 66.7 Å². The Balaban J connectivity index is 1.47. The fourth-order valence-electron chi connectivity index (χ4n) is 3.39. The van der Waals surface area contributed by atoms with Crippen LogP contribution in [0.1, 0.15) is 16.7 Å². The van der Waals surface area contributed by atoms with Gasteiger partial charge < -0.3 is 4.90 Å². The van der Waals surface area contributed by atoms with Gasteiger partial charge in [0.2, 0.25) is 0 Å². The Morgan fingerprint density at radius 2 is 1.36 bits per heavy atom. The van der Waals surface area contributed by atoms with E-state index in [9.17, 15) is 0 Å². The summed E-state index contributed by atoms with van der Waals surface area (Å²) < 4.78 is 2.23. The topological polar surface area (TPSA) is 7.12 Å². The van der Waals surface area contributed by atoms with Crippen LogP contribution in [0.2, 0.25) is 0 Å². The Morgan fingerprint density at radius 1 is 0.714 bits per heavy atom. The lowest BCUT2D eigenvalue weighted by Gasteiger charge is -2.11. The van der Waals surface area contributed by atoms with Gasteiger partial charge in [-0.15, -0.1) is 0 Å². The van der Waals surface area contributed by atoms with Crippen molar-refractivity contribution in [1.82, 2.24) is 0 Å². The van der Waals surface area contributed by atoms with Crippen molar-refractivity contribution in [2.75, 3.05) is 19.0 Å². The molecule has 0 bridgehead atoms. The molecule has 0 aliphatic heterocycles. The van der Waals surface area contributed by atoms with Crippen LogP contribution in [0.5, 0.6) is 0 Å². The van der Waals surface area contributed by atoms with Crippen LogP contribution < -0.4 is 9.47 Å². The number of rotatable bonds is 5. The number of hydrogen-bond donors (Lipinski definition) is 0. The van der Waals surface area contributed by atoms with Crippen LogP contribution in [0, 0.1) is 0 Å². The summed E-state index contributed by atoms with van der Waals surface area (Å²) in [5, 5.41) is 2.61. The number of fused-ring (bicyclic) bond motifs is 1. The molecule has 0 atom stereocenters. The van der Waals surface area contributed by atoms with E-state index in [1.54, 1.807) is 0 Å². The van der Waals surface area contributed by atoms with Crippen molar-refractivity contribution >= 4 is 28.6 Å². The molecule has 0 fully saturated rings. The van der Waals surface area contributed by atoms with Crippen LogP contribution in [0.15, 0.2) is 91.3 Å². The van der Waals surface area contributed by atoms with Gasteiger partial charge in [0.15, 0.2) is 18.9 Å². The first-order chi connectivity index (χ1) is 13.7. The third-order valence-corrected chi connectivity index (χ3v) is 5.03. The molecule has 1 heterocycles. The molecule has 0 amide bonds. The predicted molar refractivity (Wildman–Crippen MR) is 119 cm³/mol. The molecule has 0 N–H and O–H groups in total. The lowest BCUT2D eigenvalue weighted by Crippen LogP contribution is -2.33. The van der Waals surface area contributed by atoms with Crippen LogP contribution >= 0.6 is 0 Å². The summed E-state index contributed by atoms with van der Waals surface area (Å²) >= 11 is 0. The summed E-state index contributed by atoms with van der Waals surface area (Å²) in [5.41, 5.74) is 4.96. The van der Waals surface area contributed by atoms with Crippen LogP contribution in [0.25, 0.3) is 22.9 Å². The Hall–Kier alpha value is -3.39. The van der Waals surface area contributed by atoms with Gasteiger partial charge in [-0.25, -0.2) is 4.57 Å². The normalized spacial score (nSPS) is 11.2. The number of hydrogen-bond acceptors (Lipinski definition) is 1. The van der Waals surface area contributed by atoms with Gasteiger partial charge in [-0.2, -0.15) is 0 Å². The second kappa shape index (κ2) is 8.10. The van der Waals surface area contributed by atoms with E-state index in [0.29, 0.717) is 0 Å². The molecule has 0 aliphatic rings. The molecule has 0 unspecified atom stereocenters. The minimum absolute atomic E-state index is 0.872. The summed E-state index contributed by atoms with van der Waals surface area (Å²) in [6.45, 7) is 0.872. The maximum atomic E-state index is 2.23. The minimum Gasteiger partial charge on any atom is -0.378 e. The van der Waals surface area contributed by atoms with E-state index >= 15 is 0 Å². The summed E-state index contributed by atoms with van der Waals surface area (Å²) in [7, 11) is 4.12. The third-order valence-electron chi connectivity index (χ3n) is 5.03. The summed E-state index contributed by atoms with van der Waals surface area (Å²) in [4.78, 5) is 2.11. The Bertz CT molecular complexity index is 1090. The predicted octanol–water partition coefficient (Wildman–Crippen LogP) is 5.41. The number of anilines is 1. The molecule has 0 saturated heterocycles. The van der Waals surface area contributed by atoms with Gasteiger partial charge in [0.25, 0.3) is 0 Å². The lowest BCUT2D eigenvalue weighted by molar-refractivity contribution is -0.688. The number of pyridine rings is 1. The largest absolute Gasteiger partial charge is 0.378 e. The van der Waals surface area contributed by atoms with E-state index in [1.807, 2.05) is 0 Å². The van der Waals surface area contributed by atoms with Crippen molar-refractivity contribution in [3.8, 4) is 0 Å². The highest BCUT2D eigenvalue weighted by Crippen LogP contribution is 2.18. The molecule has 2 heteroatoms. The first-order valence-corrected chi connectivity index (χ1v) is 9.60. The molecule has 3 aromatic carbocycles. The van der Waals surface area contributed by atoms with Crippen LogP contribution in [0.3, 0.4) is 0 Å². The van der Waals surface area contributed by atoms with Crippen LogP contribution in [-0.2, 0) is 6.54 Å². The molecule has 0 aliphatic carbocycles. The maximum Gasteiger partial charge on any atom is 0.174 e. The van der Waals surface area contributed by atoms with Crippen molar-refractivity contribution in [2.24, 2.45) is 0 Å². The van der Waals surface area contributed by atoms with E-state index in [4.69, 9.17) is 0 Å².